The molecule has 0 aliphatic rings. The molecule has 4 heteroatoms. The van der Waals surface area contributed by atoms with Gasteiger partial charge in [0.05, 0.1) is 24.6 Å². The van der Waals surface area contributed by atoms with E-state index < -0.39 is 0 Å². The van der Waals surface area contributed by atoms with E-state index in [0.717, 1.165) is 22.3 Å². The van der Waals surface area contributed by atoms with Crippen LogP contribution in [0.5, 0.6) is 5.75 Å². The molecule has 3 aromatic rings. The van der Waals surface area contributed by atoms with Gasteiger partial charge < -0.3 is 9.30 Å². The fourth-order valence-corrected chi connectivity index (χ4v) is 1.86. The topological polar surface area (TPSA) is 39.9 Å². The lowest BCUT2D eigenvalue weighted by atomic mass is 10.2. The van der Waals surface area contributed by atoms with E-state index in [9.17, 15) is 0 Å². The van der Waals surface area contributed by atoms with Crippen LogP contribution < -0.4 is 4.74 Å². The first-order chi connectivity index (χ1) is 8.38. The van der Waals surface area contributed by atoms with Crippen molar-refractivity contribution in [2.24, 2.45) is 0 Å². The third kappa shape index (κ3) is 1.63. The second-order valence-corrected chi connectivity index (χ2v) is 3.68. The predicted octanol–water partition coefficient (Wildman–Crippen LogP) is 2.43. The number of imidazole rings is 1. The molecule has 0 aliphatic heterocycles. The lowest BCUT2D eigenvalue weighted by molar-refractivity contribution is 0.415. The molecule has 0 atom stereocenters. The number of methoxy groups -OCH3 is 1. The van der Waals surface area contributed by atoms with Crippen LogP contribution in [0.15, 0.2) is 49.2 Å². The number of fused-ring (bicyclic) bond motifs is 1. The molecule has 0 fully saturated rings. The van der Waals surface area contributed by atoms with E-state index in [1.165, 1.54) is 0 Å². The Kier molecular flexibility index (Phi) is 2.26. The van der Waals surface area contributed by atoms with Gasteiger partial charge >= 0.3 is 0 Å². The lowest BCUT2D eigenvalue weighted by Crippen LogP contribution is -1.93. The number of aromatic nitrogens is 3. The van der Waals surface area contributed by atoms with Gasteiger partial charge in [0.2, 0.25) is 0 Å². The van der Waals surface area contributed by atoms with E-state index in [4.69, 9.17) is 4.74 Å². The van der Waals surface area contributed by atoms with Crippen molar-refractivity contribution in [3.63, 3.8) is 0 Å². The molecular weight excluding hydrogens is 214 g/mol. The molecule has 0 amide bonds. The van der Waals surface area contributed by atoms with Crippen molar-refractivity contribution < 1.29 is 4.74 Å². The maximum absolute atomic E-state index is 5.24. The van der Waals surface area contributed by atoms with Crippen molar-refractivity contribution in [1.29, 1.82) is 0 Å². The molecule has 0 aliphatic carbocycles. The number of pyridine rings is 1. The van der Waals surface area contributed by atoms with Crippen LogP contribution in [0.3, 0.4) is 0 Å². The van der Waals surface area contributed by atoms with Gasteiger partial charge in [-0.2, -0.15) is 0 Å². The van der Waals surface area contributed by atoms with Gasteiger partial charge in [0.25, 0.3) is 0 Å². The number of benzene rings is 1. The first-order valence-electron chi connectivity index (χ1n) is 5.29. The standard InChI is InChI=1S/C13H11N3O/c1-17-10-2-3-12-11(8-10)13(4-5-15-12)16-7-6-14-9-16/h2-9H,1H3. The number of hydrogen-bond donors (Lipinski definition) is 0. The summed E-state index contributed by atoms with van der Waals surface area (Å²) in [6.45, 7) is 0. The SMILES string of the molecule is COc1ccc2nccc(-n3ccnc3)c2c1. The van der Waals surface area contributed by atoms with E-state index in [2.05, 4.69) is 9.97 Å². The number of rotatable bonds is 2. The maximum Gasteiger partial charge on any atom is 0.119 e. The Morgan fingerprint density at radius 3 is 2.88 bits per heavy atom. The zero-order valence-corrected chi connectivity index (χ0v) is 9.37. The van der Waals surface area contributed by atoms with Crippen molar-refractivity contribution in [2.75, 3.05) is 7.11 Å². The second kappa shape index (κ2) is 3.90. The molecule has 0 radical (unpaired) electrons. The molecule has 2 aromatic heterocycles. The molecule has 4 nitrogen and oxygen atoms in total. The van der Waals surface area contributed by atoms with E-state index >= 15 is 0 Å². The largest absolute Gasteiger partial charge is 0.497 e. The molecule has 84 valence electrons. The van der Waals surface area contributed by atoms with Gasteiger partial charge in [-0.1, -0.05) is 0 Å². The van der Waals surface area contributed by atoms with Crippen molar-refractivity contribution in [1.82, 2.24) is 14.5 Å². The zero-order valence-electron chi connectivity index (χ0n) is 9.37. The second-order valence-electron chi connectivity index (χ2n) is 3.68. The highest BCUT2D eigenvalue weighted by molar-refractivity contribution is 5.88. The van der Waals surface area contributed by atoms with E-state index in [0.29, 0.717) is 0 Å². The van der Waals surface area contributed by atoms with Crippen molar-refractivity contribution in [3.8, 4) is 11.4 Å². The molecule has 17 heavy (non-hydrogen) atoms. The van der Waals surface area contributed by atoms with Gasteiger partial charge in [0.1, 0.15) is 5.75 Å². The minimum Gasteiger partial charge on any atom is -0.497 e. The summed E-state index contributed by atoms with van der Waals surface area (Å²) in [6.07, 6.45) is 7.24. The van der Waals surface area contributed by atoms with Crippen LogP contribution >= 0.6 is 0 Å². The maximum atomic E-state index is 5.24. The smallest absolute Gasteiger partial charge is 0.119 e. The van der Waals surface area contributed by atoms with E-state index in [1.807, 2.05) is 35.0 Å². The van der Waals surface area contributed by atoms with E-state index in [-0.39, 0.29) is 0 Å². The summed E-state index contributed by atoms with van der Waals surface area (Å²) < 4.78 is 7.20. The fourth-order valence-electron chi connectivity index (χ4n) is 1.86. The van der Waals surface area contributed by atoms with Crippen molar-refractivity contribution in [3.05, 3.63) is 49.2 Å². The van der Waals surface area contributed by atoms with Crippen LogP contribution in [0.1, 0.15) is 0 Å². The average Bonchev–Trinajstić information content (AvgIpc) is 2.91. The fraction of sp³-hybridized carbons (Fsp3) is 0.0769. The number of nitrogens with zero attached hydrogens (tertiary/aromatic N) is 3. The minimum absolute atomic E-state index is 0.826. The minimum atomic E-state index is 0.826. The molecule has 0 spiro atoms. The molecule has 3 rings (SSSR count). The van der Waals surface area contributed by atoms with Gasteiger partial charge in [-0.25, -0.2) is 4.98 Å². The average molecular weight is 225 g/mol. The molecular formula is C13H11N3O. The van der Waals surface area contributed by atoms with Crippen molar-refractivity contribution in [2.45, 2.75) is 0 Å². The monoisotopic (exact) mass is 225 g/mol. The summed E-state index contributed by atoms with van der Waals surface area (Å²) >= 11 is 0. The Morgan fingerprint density at radius 1 is 1.18 bits per heavy atom. The number of hydrogen-bond acceptors (Lipinski definition) is 3. The third-order valence-electron chi connectivity index (χ3n) is 2.71. The van der Waals surface area contributed by atoms with Crippen LogP contribution in [-0.2, 0) is 0 Å². The summed E-state index contributed by atoms with van der Waals surface area (Å²) in [5, 5.41) is 1.05. The van der Waals surface area contributed by atoms with Gasteiger partial charge in [0.15, 0.2) is 0 Å². The van der Waals surface area contributed by atoms with Crippen LogP contribution in [0.4, 0.5) is 0 Å². The Bertz CT molecular complexity index is 647. The molecule has 0 saturated carbocycles. The molecule has 0 unspecified atom stereocenters. The summed E-state index contributed by atoms with van der Waals surface area (Å²) in [6, 6.07) is 7.81. The Morgan fingerprint density at radius 2 is 2.12 bits per heavy atom. The molecule has 0 bridgehead atoms. The Labute approximate surface area is 98.5 Å². The van der Waals surface area contributed by atoms with Gasteiger partial charge in [-0.3, -0.25) is 4.98 Å². The van der Waals surface area contributed by atoms with Crippen LogP contribution in [0, 0.1) is 0 Å². The Balaban J connectivity index is 2.30. The zero-order chi connectivity index (χ0) is 11.7. The summed E-state index contributed by atoms with van der Waals surface area (Å²) in [5.74, 6) is 0.826. The highest BCUT2D eigenvalue weighted by atomic mass is 16.5. The molecule has 1 aromatic carbocycles. The van der Waals surface area contributed by atoms with Crippen LogP contribution in [-0.4, -0.2) is 21.6 Å². The quantitative estimate of drug-likeness (QED) is 0.672. The van der Waals surface area contributed by atoms with Crippen molar-refractivity contribution >= 4 is 10.9 Å². The van der Waals surface area contributed by atoms with Gasteiger partial charge in [-0.15, -0.1) is 0 Å². The highest BCUT2D eigenvalue weighted by Crippen LogP contribution is 2.24. The van der Waals surface area contributed by atoms with Gasteiger partial charge in [0, 0.05) is 24.0 Å². The summed E-state index contributed by atoms with van der Waals surface area (Å²) in [5.41, 5.74) is 1.99. The first-order valence-corrected chi connectivity index (χ1v) is 5.29. The predicted molar refractivity (Wildman–Crippen MR) is 65.4 cm³/mol. The first kappa shape index (κ1) is 9.84. The molecule has 0 saturated heterocycles. The summed E-state index contributed by atoms with van der Waals surface area (Å²) in [7, 11) is 1.66. The molecule has 2 heterocycles. The van der Waals surface area contributed by atoms with Crippen LogP contribution in [0.2, 0.25) is 0 Å². The van der Waals surface area contributed by atoms with E-state index in [1.54, 1.807) is 25.8 Å². The lowest BCUT2D eigenvalue weighted by Gasteiger charge is -2.08. The number of ether oxygens (including phenoxy) is 1. The molecule has 0 N–H and O–H groups in total. The Hall–Kier alpha value is -2.36. The third-order valence-corrected chi connectivity index (χ3v) is 2.71. The summed E-state index contributed by atoms with van der Waals surface area (Å²) in [4.78, 5) is 8.40. The van der Waals surface area contributed by atoms with Gasteiger partial charge in [-0.05, 0) is 24.3 Å². The normalized spacial score (nSPS) is 10.6. The highest BCUT2D eigenvalue weighted by Gasteiger charge is 2.04. The van der Waals surface area contributed by atoms with Crippen LogP contribution in [0.25, 0.3) is 16.6 Å².